The van der Waals surface area contributed by atoms with Crippen molar-refractivity contribution in [2.45, 2.75) is 43.5 Å². The number of aryl methyl sites for hydroxylation is 1. The number of hydrogen-bond acceptors (Lipinski definition) is 3. The van der Waals surface area contributed by atoms with Gasteiger partial charge in [-0.25, -0.2) is 17.9 Å². The maximum atomic E-state index is 12.4. The zero-order valence-electron chi connectivity index (χ0n) is 11.0. The molecule has 1 aliphatic carbocycles. The molecule has 0 saturated heterocycles. The second-order valence-electron chi connectivity index (χ2n) is 5.01. The lowest BCUT2D eigenvalue weighted by Crippen LogP contribution is -2.33. The number of halogens is 1. The molecule has 0 unspecified atom stereocenters. The molecule has 2 N–H and O–H groups in total. The molecule has 0 aromatic heterocycles. The van der Waals surface area contributed by atoms with Crippen molar-refractivity contribution >= 4 is 31.9 Å². The number of rotatable bonds is 4. The summed E-state index contributed by atoms with van der Waals surface area (Å²) in [5, 5.41) is 9.04. The number of carboxylic acids is 1. The molecule has 0 bridgehead atoms. The van der Waals surface area contributed by atoms with Gasteiger partial charge in [0.05, 0.1) is 10.5 Å². The number of hydrogen-bond donors (Lipinski definition) is 2. The van der Waals surface area contributed by atoms with Gasteiger partial charge in [-0.3, -0.25) is 0 Å². The fraction of sp³-hybridized carbons (Fsp3) is 0.462. The van der Waals surface area contributed by atoms with Crippen LogP contribution in [0.15, 0.2) is 21.5 Å². The van der Waals surface area contributed by atoms with Crippen LogP contribution in [0.2, 0.25) is 0 Å². The third-order valence-corrected chi connectivity index (χ3v) is 6.29. The van der Waals surface area contributed by atoms with E-state index in [2.05, 4.69) is 20.7 Å². The van der Waals surface area contributed by atoms with Crippen LogP contribution in [0.25, 0.3) is 0 Å². The molecule has 1 aromatic carbocycles. The maximum absolute atomic E-state index is 12.4. The predicted octanol–water partition coefficient (Wildman–Crippen LogP) is 2.68. The minimum absolute atomic E-state index is 0.0122. The molecule has 7 heteroatoms. The fourth-order valence-corrected chi connectivity index (χ4v) is 4.73. The van der Waals surface area contributed by atoms with Gasteiger partial charge in [-0.15, -0.1) is 0 Å². The largest absolute Gasteiger partial charge is 0.478 e. The molecule has 2 rings (SSSR count). The van der Waals surface area contributed by atoms with Gasteiger partial charge in [0.25, 0.3) is 0 Å². The first-order valence-corrected chi connectivity index (χ1v) is 8.64. The van der Waals surface area contributed by atoms with Crippen molar-refractivity contribution < 1.29 is 18.3 Å². The van der Waals surface area contributed by atoms with Gasteiger partial charge < -0.3 is 5.11 Å². The highest BCUT2D eigenvalue weighted by molar-refractivity contribution is 9.10. The second-order valence-corrected chi connectivity index (χ2v) is 7.49. The highest BCUT2D eigenvalue weighted by Gasteiger charge is 2.26. The van der Waals surface area contributed by atoms with E-state index in [-0.39, 0.29) is 16.5 Å². The van der Waals surface area contributed by atoms with E-state index in [1.807, 2.05) is 0 Å². The average molecular weight is 362 g/mol. The number of nitrogens with one attached hydrogen (secondary N) is 1. The van der Waals surface area contributed by atoms with Gasteiger partial charge in [0.2, 0.25) is 10.0 Å². The minimum atomic E-state index is -3.71. The average Bonchev–Trinajstić information content (AvgIpc) is 2.83. The van der Waals surface area contributed by atoms with E-state index in [1.54, 1.807) is 6.92 Å². The summed E-state index contributed by atoms with van der Waals surface area (Å²) in [6.45, 7) is 1.67. The monoisotopic (exact) mass is 361 g/mol. The van der Waals surface area contributed by atoms with Crippen molar-refractivity contribution in [1.82, 2.24) is 4.72 Å². The zero-order chi connectivity index (χ0) is 14.9. The first-order chi connectivity index (χ1) is 9.31. The minimum Gasteiger partial charge on any atom is -0.478 e. The van der Waals surface area contributed by atoms with Crippen LogP contribution in [-0.4, -0.2) is 25.5 Å². The molecule has 0 aliphatic heterocycles. The predicted molar refractivity (Wildman–Crippen MR) is 78.4 cm³/mol. The van der Waals surface area contributed by atoms with E-state index in [0.717, 1.165) is 25.7 Å². The summed E-state index contributed by atoms with van der Waals surface area (Å²) in [5.74, 6) is -1.14. The summed E-state index contributed by atoms with van der Waals surface area (Å²) >= 11 is 3.24. The van der Waals surface area contributed by atoms with Gasteiger partial charge in [-0.1, -0.05) is 12.8 Å². The Morgan fingerprint density at radius 3 is 2.50 bits per heavy atom. The summed E-state index contributed by atoms with van der Waals surface area (Å²) < 4.78 is 27.9. The molecule has 0 amide bonds. The van der Waals surface area contributed by atoms with Crippen LogP contribution < -0.4 is 4.72 Å². The van der Waals surface area contributed by atoms with E-state index in [1.165, 1.54) is 12.1 Å². The summed E-state index contributed by atoms with van der Waals surface area (Å²) in [7, 11) is -3.71. The van der Waals surface area contributed by atoms with Gasteiger partial charge >= 0.3 is 5.97 Å². The van der Waals surface area contributed by atoms with E-state index in [9.17, 15) is 13.2 Å². The molecule has 20 heavy (non-hydrogen) atoms. The Labute approximate surface area is 126 Å². The van der Waals surface area contributed by atoms with Crippen LogP contribution in [0.4, 0.5) is 0 Å². The van der Waals surface area contributed by atoms with E-state index in [0.29, 0.717) is 10.0 Å². The number of carbonyl (C=O) groups is 1. The summed E-state index contributed by atoms with van der Waals surface area (Å²) in [4.78, 5) is 11.0. The maximum Gasteiger partial charge on any atom is 0.335 e. The zero-order valence-corrected chi connectivity index (χ0v) is 13.4. The number of carboxylic acid groups (broad SMARTS) is 1. The molecule has 0 atom stereocenters. The van der Waals surface area contributed by atoms with Crippen molar-refractivity contribution in [3.63, 3.8) is 0 Å². The smallest absolute Gasteiger partial charge is 0.335 e. The van der Waals surface area contributed by atoms with Crippen molar-refractivity contribution in [2.24, 2.45) is 0 Å². The molecule has 5 nitrogen and oxygen atoms in total. The molecule has 0 heterocycles. The van der Waals surface area contributed by atoms with E-state index >= 15 is 0 Å². The van der Waals surface area contributed by atoms with Crippen molar-refractivity contribution in [3.05, 3.63) is 27.7 Å². The first kappa shape index (κ1) is 15.5. The first-order valence-electron chi connectivity index (χ1n) is 6.37. The molecule has 0 spiro atoms. The molecule has 1 aliphatic rings. The lowest BCUT2D eigenvalue weighted by Gasteiger charge is -2.15. The van der Waals surface area contributed by atoms with Crippen LogP contribution in [-0.2, 0) is 10.0 Å². The Kier molecular flexibility index (Phi) is 4.51. The second kappa shape index (κ2) is 5.83. The third-order valence-electron chi connectivity index (χ3n) is 3.43. The van der Waals surface area contributed by atoms with Crippen LogP contribution >= 0.6 is 15.9 Å². The van der Waals surface area contributed by atoms with Gasteiger partial charge in [0, 0.05) is 10.5 Å². The fourth-order valence-electron chi connectivity index (χ4n) is 2.38. The van der Waals surface area contributed by atoms with Crippen molar-refractivity contribution in [3.8, 4) is 0 Å². The summed E-state index contributed by atoms with van der Waals surface area (Å²) in [6, 6.07) is 2.58. The third kappa shape index (κ3) is 3.21. The molecule has 1 fully saturated rings. The van der Waals surface area contributed by atoms with Gasteiger partial charge in [0.15, 0.2) is 0 Å². The molecule has 1 aromatic rings. The quantitative estimate of drug-likeness (QED) is 0.863. The molecule has 0 radical (unpaired) electrons. The molecular formula is C13H16BrNO4S. The highest BCUT2D eigenvalue weighted by Crippen LogP contribution is 2.29. The normalized spacial score (nSPS) is 16.5. The Hall–Kier alpha value is -0.920. The lowest BCUT2D eigenvalue weighted by atomic mass is 10.1. The number of sulfonamides is 1. The Bertz CT molecular complexity index is 636. The number of benzene rings is 1. The van der Waals surface area contributed by atoms with E-state index in [4.69, 9.17) is 5.11 Å². The number of aromatic carboxylic acids is 1. The Morgan fingerprint density at radius 2 is 1.95 bits per heavy atom. The van der Waals surface area contributed by atoms with Crippen LogP contribution in [0.1, 0.15) is 41.6 Å². The topological polar surface area (TPSA) is 83.5 Å². The van der Waals surface area contributed by atoms with Crippen LogP contribution in [0, 0.1) is 6.92 Å². The Morgan fingerprint density at radius 1 is 1.35 bits per heavy atom. The van der Waals surface area contributed by atoms with Crippen molar-refractivity contribution in [1.29, 1.82) is 0 Å². The van der Waals surface area contributed by atoms with Crippen LogP contribution in [0.3, 0.4) is 0 Å². The van der Waals surface area contributed by atoms with Crippen molar-refractivity contribution in [2.75, 3.05) is 0 Å². The summed E-state index contributed by atoms with van der Waals surface area (Å²) in [6.07, 6.45) is 3.69. The lowest BCUT2D eigenvalue weighted by molar-refractivity contribution is 0.0696. The SMILES string of the molecule is Cc1cc(C(=O)O)cc(S(=O)(=O)NC2CCCC2)c1Br. The molecular weight excluding hydrogens is 346 g/mol. The molecule has 110 valence electrons. The molecule has 1 saturated carbocycles. The highest BCUT2D eigenvalue weighted by atomic mass is 79.9. The van der Waals surface area contributed by atoms with Gasteiger partial charge in [0.1, 0.15) is 0 Å². The van der Waals surface area contributed by atoms with Crippen LogP contribution in [0.5, 0.6) is 0 Å². The van der Waals surface area contributed by atoms with Gasteiger partial charge in [-0.2, -0.15) is 0 Å². The van der Waals surface area contributed by atoms with Gasteiger partial charge in [-0.05, 0) is 53.4 Å². The van der Waals surface area contributed by atoms with E-state index < -0.39 is 16.0 Å². The Balaban J connectivity index is 2.41. The summed E-state index contributed by atoms with van der Waals surface area (Å²) in [5.41, 5.74) is 0.550. The standard InChI is InChI=1S/C13H16BrNO4S/c1-8-6-9(13(16)17)7-11(12(8)14)20(18,19)15-10-4-2-3-5-10/h6-7,10,15H,2-5H2,1H3,(H,16,17).